The summed E-state index contributed by atoms with van der Waals surface area (Å²) < 4.78 is 4.80. The molecule has 0 unspecified atom stereocenters. The standard InChI is InChI=1S/C77H73B10N2/c1-72(2,3)41-34-42(73(4,5)6)37-45(36-41)89-52-30-22-27-49(56(52)60-54(89)33-32-47(61(60)76(13,14)15)40-24-19-18-20-25-40)58-64(80)68(84)70(86)71(65(58)81)87-77(16,17)44-35-43(74(7,8)9)38-46(39-44)88-51-29-21-26-48(57-62(78)66(82)69(85)67(83)63(57)79)55(51)59-50(75(10,11)12)28-23-31-53(59)88/h18-39H,1-17H3. The lowest BCUT2D eigenvalue weighted by Gasteiger charge is -2.32. The summed E-state index contributed by atoms with van der Waals surface area (Å²) in [5, 5.41) is 3.45. The number of benzene rings is 9. The average Bonchev–Trinajstić information content (AvgIpc) is 1.59. The first-order valence-corrected chi connectivity index (χ1v) is 31.0. The molecule has 0 aliphatic rings. The van der Waals surface area contributed by atoms with Gasteiger partial charge in [-0.2, -0.15) is 0 Å². The zero-order valence-corrected chi connectivity index (χ0v) is 55.4. The van der Waals surface area contributed by atoms with Crippen LogP contribution in [0.2, 0.25) is 0 Å². The molecule has 11 rings (SSSR count). The predicted octanol–water partition coefficient (Wildman–Crippen LogP) is 9.78. The van der Waals surface area contributed by atoms with Crippen molar-refractivity contribution in [1.82, 2.24) is 9.13 Å². The Morgan fingerprint density at radius 1 is 0.303 bits per heavy atom. The second-order valence-corrected chi connectivity index (χ2v) is 30.6. The first kappa shape index (κ1) is 63.8. The molecule has 0 N–H and O–H groups in total. The quantitative estimate of drug-likeness (QED) is 0.134. The van der Waals surface area contributed by atoms with Crippen molar-refractivity contribution in [3.8, 4) is 44.8 Å². The molecule has 89 heavy (non-hydrogen) atoms. The molecule has 0 atom stereocenters. The molecule has 19 radical (unpaired) electrons. The van der Waals surface area contributed by atoms with Crippen molar-refractivity contribution < 1.29 is 0 Å². The van der Waals surface area contributed by atoms with E-state index in [0.717, 1.165) is 93.9 Å². The van der Waals surface area contributed by atoms with Crippen molar-refractivity contribution in [2.75, 3.05) is 0 Å². The van der Waals surface area contributed by atoms with Crippen LogP contribution in [-0.4, -0.2) is 87.0 Å². The van der Waals surface area contributed by atoms with E-state index in [2.05, 4.69) is 255 Å². The second kappa shape index (κ2) is 22.0. The van der Waals surface area contributed by atoms with Gasteiger partial charge in [0.2, 0.25) is 0 Å². The molecule has 2 aromatic heterocycles. The minimum Gasteiger partial charge on any atom is -0.309 e. The number of hydrogen-bond donors (Lipinski definition) is 0. The Balaban J connectivity index is 1.17. The second-order valence-electron chi connectivity index (χ2n) is 30.6. The zero-order valence-electron chi connectivity index (χ0n) is 55.4. The normalized spacial score (nSPS) is 13.0. The lowest BCUT2D eigenvalue weighted by atomic mass is 9.42. The van der Waals surface area contributed by atoms with E-state index in [1.54, 1.807) is 0 Å². The third kappa shape index (κ3) is 10.8. The SMILES string of the molecule is [B]c1c([B])c([B])c(-c2cccc3c2c2c(C(C)(C)C)cccc2n3-c2cc(C(C)(C)C)cc(C(C)(C)[B]c3c([B])c([B])c([B])c(-c4cccc5c4c4c(C(C)(C)C)c(-c6ccccc6)ccc4n5-c4cc(C(C)(C)C)cc(C(C)(C)C)c4)c3[B])c2)c([B])c1[B]. The van der Waals surface area contributed by atoms with Gasteiger partial charge in [0, 0.05) is 32.9 Å². The van der Waals surface area contributed by atoms with E-state index in [1.165, 1.54) is 16.7 Å². The van der Waals surface area contributed by atoms with E-state index in [0.29, 0.717) is 33.0 Å². The number of fused-ring (bicyclic) bond motifs is 6. The van der Waals surface area contributed by atoms with E-state index in [4.69, 9.17) is 70.6 Å². The molecule has 12 heteroatoms. The monoisotopic (exact) mass is 1140 g/mol. The van der Waals surface area contributed by atoms with Crippen LogP contribution in [0.5, 0.6) is 0 Å². The van der Waals surface area contributed by atoms with Crippen molar-refractivity contribution in [1.29, 1.82) is 0 Å². The van der Waals surface area contributed by atoms with Crippen molar-refractivity contribution in [3.05, 3.63) is 167 Å². The number of rotatable bonds is 8. The maximum absolute atomic E-state index is 7.80. The Hall–Kier alpha value is -6.77. The molecule has 0 aliphatic heterocycles. The van der Waals surface area contributed by atoms with Crippen LogP contribution >= 0.6 is 0 Å². The van der Waals surface area contributed by atoms with Gasteiger partial charge in [-0.3, -0.25) is 0 Å². The van der Waals surface area contributed by atoms with Crippen LogP contribution in [0.1, 0.15) is 151 Å². The molecule has 2 heterocycles. The van der Waals surface area contributed by atoms with Gasteiger partial charge in [-0.15, -0.1) is 32.8 Å². The van der Waals surface area contributed by atoms with Gasteiger partial charge in [0.25, 0.3) is 0 Å². The van der Waals surface area contributed by atoms with Crippen LogP contribution in [0.4, 0.5) is 0 Å². The third-order valence-corrected chi connectivity index (χ3v) is 18.6. The number of hydrogen-bond acceptors (Lipinski definition) is 0. The summed E-state index contributed by atoms with van der Waals surface area (Å²) in [7, 11) is 65.3. The molecule has 0 aliphatic carbocycles. The Morgan fingerprint density at radius 3 is 1.16 bits per heavy atom. The molecule has 0 saturated heterocycles. The molecule has 11 aromatic rings. The van der Waals surface area contributed by atoms with Crippen LogP contribution in [0.15, 0.2) is 133 Å². The maximum atomic E-state index is 7.80. The van der Waals surface area contributed by atoms with Crippen molar-refractivity contribution >= 4 is 176 Å². The minimum atomic E-state index is -0.727. The number of nitrogens with zero attached hydrogens (tertiary/aromatic N) is 2. The third-order valence-electron chi connectivity index (χ3n) is 18.6. The summed E-state index contributed by atoms with van der Waals surface area (Å²) in [6, 6.07) is 48.5. The summed E-state index contributed by atoms with van der Waals surface area (Å²) in [5.74, 6) is 0. The van der Waals surface area contributed by atoms with Gasteiger partial charge in [0.05, 0.1) is 22.1 Å². The molecule has 2 nitrogen and oxygen atoms in total. The highest BCUT2D eigenvalue weighted by atomic mass is 15.0. The Kier molecular flexibility index (Phi) is 15.8. The van der Waals surface area contributed by atoms with Gasteiger partial charge in [-0.25, -0.2) is 0 Å². The lowest BCUT2D eigenvalue weighted by molar-refractivity contribution is 0.568. The van der Waals surface area contributed by atoms with Gasteiger partial charge >= 0.3 is 0 Å². The summed E-state index contributed by atoms with van der Waals surface area (Å²) in [6.45, 7) is 38.5. The summed E-state index contributed by atoms with van der Waals surface area (Å²) in [4.78, 5) is 0. The highest BCUT2D eigenvalue weighted by molar-refractivity contribution is 6.75. The molecular weight excluding hydrogens is 1060 g/mol. The average molecular weight is 1130 g/mol. The van der Waals surface area contributed by atoms with E-state index < -0.39 is 5.31 Å². The summed E-state index contributed by atoms with van der Waals surface area (Å²) in [5.41, 5.74) is 20.2. The maximum Gasteiger partial charge on any atom is 0.162 e. The predicted molar refractivity (Wildman–Crippen MR) is 398 cm³/mol. The molecule has 0 amide bonds. The fourth-order valence-corrected chi connectivity index (χ4v) is 13.5. The van der Waals surface area contributed by atoms with Gasteiger partial charge in [-0.1, -0.05) is 224 Å². The van der Waals surface area contributed by atoms with E-state index in [-0.39, 0.29) is 59.9 Å². The van der Waals surface area contributed by atoms with E-state index >= 15 is 0 Å². The minimum absolute atomic E-state index is 0.127. The summed E-state index contributed by atoms with van der Waals surface area (Å²) in [6.07, 6.45) is 0. The molecule has 9 aromatic carbocycles. The van der Waals surface area contributed by atoms with Crippen LogP contribution in [0, 0.1) is 0 Å². The van der Waals surface area contributed by atoms with Crippen molar-refractivity contribution in [2.24, 2.45) is 0 Å². The molecule has 0 fully saturated rings. The van der Waals surface area contributed by atoms with Gasteiger partial charge in [0.1, 0.15) is 70.6 Å². The summed E-state index contributed by atoms with van der Waals surface area (Å²) >= 11 is 0. The van der Waals surface area contributed by atoms with Gasteiger partial charge in [0.15, 0.2) is 7.28 Å². The van der Waals surface area contributed by atoms with Crippen LogP contribution in [0.3, 0.4) is 0 Å². The molecule has 0 spiro atoms. The lowest BCUT2D eigenvalue weighted by Crippen LogP contribution is -2.59. The number of aromatic nitrogens is 2. The highest BCUT2D eigenvalue weighted by Gasteiger charge is 2.34. The van der Waals surface area contributed by atoms with Crippen LogP contribution in [-0.2, 0) is 32.4 Å². The smallest absolute Gasteiger partial charge is 0.162 e. The Morgan fingerprint density at radius 2 is 0.697 bits per heavy atom. The Labute approximate surface area is 543 Å². The molecule has 0 bridgehead atoms. The van der Waals surface area contributed by atoms with Crippen LogP contribution < -0.4 is 54.6 Å². The topological polar surface area (TPSA) is 9.86 Å². The molecule has 0 saturated carbocycles. The van der Waals surface area contributed by atoms with Crippen molar-refractivity contribution in [3.63, 3.8) is 0 Å². The first-order valence-electron chi connectivity index (χ1n) is 31.0. The van der Waals surface area contributed by atoms with Gasteiger partial charge in [-0.05, 0) is 148 Å². The van der Waals surface area contributed by atoms with Gasteiger partial charge < -0.3 is 9.13 Å². The Bertz CT molecular complexity index is 4660. The first-order chi connectivity index (χ1) is 41.3. The molecular formula is C77H73B10N2. The fourth-order valence-electron chi connectivity index (χ4n) is 13.5. The molecule has 421 valence electrons. The van der Waals surface area contributed by atoms with Crippen LogP contribution in [0.25, 0.3) is 88.4 Å². The highest BCUT2D eigenvalue weighted by Crippen LogP contribution is 2.48. The fraction of sp³-hybridized carbons (Fsp3) is 0.299. The zero-order chi connectivity index (χ0) is 64.9. The largest absolute Gasteiger partial charge is 0.309 e. The van der Waals surface area contributed by atoms with E-state index in [1.807, 2.05) is 12.1 Å². The van der Waals surface area contributed by atoms with E-state index in [9.17, 15) is 0 Å². The van der Waals surface area contributed by atoms with Crippen molar-refractivity contribution in [2.45, 2.75) is 150 Å².